The first kappa shape index (κ1) is 16.4. The summed E-state index contributed by atoms with van der Waals surface area (Å²) in [6.45, 7) is 4.26. The van der Waals surface area contributed by atoms with Crippen molar-refractivity contribution in [3.8, 4) is 0 Å². The van der Waals surface area contributed by atoms with Gasteiger partial charge in [-0.1, -0.05) is 0 Å². The highest BCUT2D eigenvalue weighted by Gasteiger charge is 2.28. The number of aryl methyl sites for hydroxylation is 1. The SMILES string of the molecule is CNCC1CCCN(S(=O)(=O)NCc2cnn(C)c2C)C1. The molecule has 1 unspecified atom stereocenters. The van der Waals surface area contributed by atoms with Crippen LogP contribution in [0.3, 0.4) is 0 Å². The molecule has 7 nitrogen and oxygen atoms in total. The molecule has 2 heterocycles. The van der Waals surface area contributed by atoms with Gasteiger partial charge in [0.25, 0.3) is 10.2 Å². The molecule has 0 amide bonds. The second-order valence-electron chi connectivity index (χ2n) is 5.63. The smallest absolute Gasteiger partial charge is 0.279 e. The van der Waals surface area contributed by atoms with E-state index < -0.39 is 10.2 Å². The fourth-order valence-electron chi connectivity index (χ4n) is 2.68. The van der Waals surface area contributed by atoms with Gasteiger partial charge in [-0.3, -0.25) is 4.68 Å². The first-order chi connectivity index (χ1) is 9.94. The molecule has 1 atom stereocenters. The maximum absolute atomic E-state index is 12.4. The number of hydrogen-bond donors (Lipinski definition) is 2. The van der Waals surface area contributed by atoms with Gasteiger partial charge in [0.15, 0.2) is 0 Å². The number of rotatable bonds is 6. The minimum absolute atomic E-state index is 0.287. The lowest BCUT2D eigenvalue weighted by molar-refractivity contribution is 0.261. The van der Waals surface area contributed by atoms with Crippen LogP contribution in [-0.4, -0.2) is 49.2 Å². The van der Waals surface area contributed by atoms with E-state index in [9.17, 15) is 8.42 Å². The normalized spacial score (nSPS) is 20.8. The van der Waals surface area contributed by atoms with Crippen LogP contribution in [0.4, 0.5) is 0 Å². The Labute approximate surface area is 126 Å². The summed E-state index contributed by atoms with van der Waals surface area (Å²) in [7, 11) is 0.325. The molecule has 8 heteroatoms. The summed E-state index contributed by atoms with van der Waals surface area (Å²) < 4.78 is 30.8. The fraction of sp³-hybridized carbons (Fsp3) is 0.769. The molecule has 1 saturated heterocycles. The van der Waals surface area contributed by atoms with Gasteiger partial charge in [0.2, 0.25) is 0 Å². The van der Waals surface area contributed by atoms with Crippen molar-refractivity contribution in [1.82, 2.24) is 24.1 Å². The van der Waals surface area contributed by atoms with Gasteiger partial charge in [-0.25, -0.2) is 0 Å². The number of hydrogen-bond acceptors (Lipinski definition) is 4. The van der Waals surface area contributed by atoms with Gasteiger partial charge in [-0.2, -0.15) is 22.5 Å². The van der Waals surface area contributed by atoms with Crippen LogP contribution in [0.1, 0.15) is 24.1 Å². The molecular weight excluding hydrogens is 290 g/mol. The Morgan fingerprint density at radius 2 is 2.24 bits per heavy atom. The lowest BCUT2D eigenvalue weighted by atomic mass is 10.00. The number of nitrogens with zero attached hydrogens (tertiary/aromatic N) is 3. The summed E-state index contributed by atoms with van der Waals surface area (Å²) in [5.41, 5.74) is 1.88. The molecule has 0 aliphatic carbocycles. The van der Waals surface area contributed by atoms with Crippen LogP contribution in [0, 0.1) is 12.8 Å². The summed E-state index contributed by atoms with van der Waals surface area (Å²) in [6, 6.07) is 0. The second kappa shape index (κ2) is 6.87. The Hall–Kier alpha value is -0.960. The van der Waals surface area contributed by atoms with Gasteiger partial charge < -0.3 is 5.32 Å². The topological polar surface area (TPSA) is 79.3 Å². The van der Waals surface area contributed by atoms with Gasteiger partial charge in [0.1, 0.15) is 0 Å². The van der Waals surface area contributed by atoms with Crippen LogP contribution in [0.15, 0.2) is 6.20 Å². The average Bonchev–Trinajstić information content (AvgIpc) is 2.77. The molecule has 1 aliphatic rings. The summed E-state index contributed by atoms with van der Waals surface area (Å²) >= 11 is 0. The monoisotopic (exact) mass is 315 g/mol. The van der Waals surface area contributed by atoms with Gasteiger partial charge in [0, 0.05) is 37.9 Å². The molecular formula is C13H25N5O2S. The van der Waals surface area contributed by atoms with Crippen molar-refractivity contribution in [2.75, 3.05) is 26.7 Å². The average molecular weight is 315 g/mol. The Kier molecular flexibility index (Phi) is 5.37. The molecule has 21 heavy (non-hydrogen) atoms. The fourth-order valence-corrected chi connectivity index (χ4v) is 3.98. The van der Waals surface area contributed by atoms with Gasteiger partial charge in [-0.05, 0) is 39.3 Å². The van der Waals surface area contributed by atoms with E-state index in [0.29, 0.717) is 19.0 Å². The Bertz CT molecular complexity index is 567. The van der Waals surface area contributed by atoms with Crippen LogP contribution in [0.2, 0.25) is 0 Å². The highest BCUT2D eigenvalue weighted by molar-refractivity contribution is 7.87. The third-order valence-electron chi connectivity index (χ3n) is 4.10. The Morgan fingerprint density at radius 3 is 2.86 bits per heavy atom. The zero-order chi connectivity index (χ0) is 15.5. The Morgan fingerprint density at radius 1 is 1.48 bits per heavy atom. The molecule has 0 aromatic carbocycles. The Balaban J connectivity index is 1.96. The molecule has 1 fully saturated rings. The van der Waals surface area contributed by atoms with Crippen LogP contribution in [0.25, 0.3) is 0 Å². The highest BCUT2D eigenvalue weighted by Crippen LogP contribution is 2.18. The summed E-state index contributed by atoms with van der Waals surface area (Å²) in [5, 5.41) is 7.25. The standard InChI is InChI=1S/C13H25N5O2S/c1-11-13(8-15-17(11)3)9-16-21(19,20)18-6-4-5-12(10-18)7-14-2/h8,12,14,16H,4-7,9-10H2,1-3H3. The van der Waals surface area contributed by atoms with Crippen molar-refractivity contribution >= 4 is 10.2 Å². The third-order valence-corrected chi connectivity index (χ3v) is 5.62. The van der Waals surface area contributed by atoms with E-state index in [4.69, 9.17) is 0 Å². The van der Waals surface area contributed by atoms with Crippen molar-refractivity contribution in [3.63, 3.8) is 0 Å². The molecule has 0 bridgehead atoms. The third kappa shape index (κ3) is 4.03. The molecule has 1 aromatic heterocycles. The molecule has 0 spiro atoms. The molecule has 2 rings (SSSR count). The summed E-state index contributed by atoms with van der Waals surface area (Å²) in [5.74, 6) is 0.389. The van der Waals surface area contributed by atoms with Crippen LogP contribution >= 0.6 is 0 Å². The first-order valence-electron chi connectivity index (χ1n) is 7.31. The van der Waals surface area contributed by atoms with E-state index in [1.54, 1.807) is 15.2 Å². The predicted molar refractivity (Wildman–Crippen MR) is 81.9 cm³/mol. The summed E-state index contributed by atoms with van der Waals surface area (Å²) in [4.78, 5) is 0. The van der Waals surface area contributed by atoms with E-state index in [0.717, 1.165) is 30.6 Å². The molecule has 0 radical (unpaired) electrons. The lowest BCUT2D eigenvalue weighted by Gasteiger charge is -2.31. The molecule has 120 valence electrons. The van der Waals surface area contributed by atoms with Crippen molar-refractivity contribution < 1.29 is 8.42 Å². The van der Waals surface area contributed by atoms with Crippen molar-refractivity contribution in [3.05, 3.63) is 17.5 Å². The maximum atomic E-state index is 12.4. The van der Waals surface area contributed by atoms with Gasteiger partial charge >= 0.3 is 0 Å². The number of nitrogens with one attached hydrogen (secondary N) is 2. The molecule has 1 aliphatic heterocycles. The molecule has 2 N–H and O–H groups in total. The van der Waals surface area contributed by atoms with Gasteiger partial charge in [-0.15, -0.1) is 0 Å². The summed E-state index contributed by atoms with van der Waals surface area (Å²) in [6.07, 6.45) is 3.70. The van der Waals surface area contributed by atoms with Crippen molar-refractivity contribution in [1.29, 1.82) is 0 Å². The number of aromatic nitrogens is 2. The lowest BCUT2D eigenvalue weighted by Crippen LogP contribution is -2.47. The van der Waals surface area contributed by atoms with E-state index in [1.807, 2.05) is 21.0 Å². The molecule has 1 aromatic rings. The maximum Gasteiger partial charge on any atom is 0.279 e. The first-order valence-corrected chi connectivity index (χ1v) is 8.75. The van der Waals surface area contributed by atoms with Crippen LogP contribution < -0.4 is 10.0 Å². The van der Waals surface area contributed by atoms with E-state index >= 15 is 0 Å². The van der Waals surface area contributed by atoms with Crippen LogP contribution in [0.5, 0.6) is 0 Å². The quantitative estimate of drug-likeness (QED) is 0.774. The zero-order valence-electron chi connectivity index (χ0n) is 13.0. The number of piperidine rings is 1. The minimum atomic E-state index is -3.42. The second-order valence-corrected chi connectivity index (χ2v) is 7.38. The predicted octanol–water partition coefficient (Wildman–Crippen LogP) is -0.00568. The van der Waals surface area contributed by atoms with E-state index in [-0.39, 0.29) is 6.54 Å². The van der Waals surface area contributed by atoms with Crippen LogP contribution in [-0.2, 0) is 23.8 Å². The highest BCUT2D eigenvalue weighted by atomic mass is 32.2. The van der Waals surface area contributed by atoms with E-state index in [2.05, 4.69) is 15.1 Å². The van der Waals surface area contributed by atoms with Crippen molar-refractivity contribution in [2.45, 2.75) is 26.3 Å². The molecule has 0 saturated carbocycles. The minimum Gasteiger partial charge on any atom is -0.319 e. The van der Waals surface area contributed by atoms with Crippen molar-refractivity contribution in [2.24, 2.45) is 13.0 Å². The van der Waals surface area contributed by atoms with Gasteiger partial charge in [0.05, 0.1) is 6.20 Å². The largest absolute Gasteiger partial charge is 0.319 e. The van der Waals surface area contributed by atoms with E-state index in [1.165, 1.54) is 0 Å². The zero-order valence-corrected chi connectivity index (χ0v) is 13.8.